The molecule has 0 bridgehead atoms. The van der Waals surface area contributed by atoms with Crippen LogP contribution in [-0.2, 0) is 0 Å². The fourth-order valence-corrected chi connectivity index (χ4v) is 2.88. The largest absolute Gasteiger partial charge is 0.393 e. The molecule has 66 valence electrons. The van der Waals surface area contributed by atoms with E-state index < -0.39 is 0 Å². The van der Waals surface area contributed by atoms with E-state index in [-0.39, 0.29) is 11.6 Å². The average molecular weight is 175 g/mol. The number of hydrogen-bond acceptors (Lipinski definition) is 3. The third kappa shape index (κ3) is 3.01. The van der Waals surface area contributed by atoms with Gasteiger partial charge in [-0.3, -0.25) is 0 Å². The number of aliphatic hydroxyl groups excluding tert-OH is 1. The minimum Gasteiger partial charge on any atom is -0.393 e. The third-order valence-corrected chi connectivity index (χ3v) is 3.18. The summed E-state index contributed by atoms with van der Waals surface area (Å²) >= 11 is 1.96. The molecule has 0 aromatic carbocycles. The van der Waals surface area contributed by atoms with E-state index in [2.05, 4.69) is 0 Å². The molecule has 0 spiro atoms. The first kappa shape index (κ1) is 9.36. The van der Waals surface area contributed by atoms with E-state index in [1.54, 1.807) is 0 Å². The highest BCUT2D eigenvalue weighted by Gasteiger charge is 2.28. The van der Waals surface area contributed by atoms with Gasteiger partial charge in [0, 0.05) is 5.54 Å². The molecule has 1 unspecified atom stereocenters. The molecular formula is C8H17NOS. The maximum Gasteiger partial charge on any atom is 0.0529 e. The number of rotatable bonds is 2. The minimum atomic E-state index is -0.247. The van der Waals surface area contributed by atoms with Crippen LogP contribution in [0.3, 0.4) is 0 Å². The van der Waals surface area contributed by atoms with Gasteiger partial charge in [0.25, 0.3) is 0 Å². The van der Waals surface area contributed by atoms with Crippen LogP contribution in [0.25, 0.3) is 0 Å². The number of nitrogens with two attached hydrogens (primary N) is 1. The van der Waals surface area contributed by atoms with Crippen molar-refractivity contribution in [3.63, 3.8) is 0 Å². The zero-order valence-electron chi connectivity index (χ0n) is 7.05. The zero-order valence-corrected chi connectivity index (χ0v) is 7.86. The molecule has 0 radical (unpaired) electrons. The van der Waals surface area contributed by atoms with Crippen LogP contribution in [0.1, 0.15) is 26.2 Å². The molecule has 1 atom stereocenters. The van der Waals surface area contributed by atoms with Gasteiger partial charge < -0.3 is 10.8 Å². The van der Waals surface area contributed by atoms with Gasteiger partial charge in [-0.05, 0) is 37.7 Å². The molecule has 2 nitrogen and oxygen atoms in total. The maximum atomic E-state index is 9.18. The van der Waals surface area contributed by atoms with E-state index >= 15 is 0 Å². The molecular weight excluding hydrogens is 158 g/mol. The van der Waals surface area contributed by atoms with Crippen molar-refractivity contribution in [3.8, 4) is 0 Å². The summed E-state index contributed by atoms with van der Waals surface area (Å²) in [5.41, 5.74) is 6.02. The number of thioether (sulfide) groups is 1. The van der Waals surface area contributed by atoms with Crippen LogP contribution in [0.15, 0.2) is 0 Å². The van der Waals surface area contributed by atoms with Gasteiger partial charge in [0.2, 0.25) is 0 Å². The van der Waals surface area contributed by atoms with Crippen molar-refractivity contribution in [3.05, 3.63) is 0 Å². The van der Waals surface area contributed by atoms with Crippen LogP contribution in [0, 0.1) is 0 Å². The number of hydrogen-bond donors (Lipinski definition) is 2. The first-order valence-electron chi connectivity index (χ1n) is 4.17. The molecule has 1 saturated heterocycles. The molecule has 0 saturated carbocycles. The van der Waals surface area contributed by atoms with Crippen LogP contribution in [-0.4, -0.2) is 28.3 Å². The lowest BCUT2D eigenvalue weighted by Gasteiger charge is -2.34. The predicted molar refractivity (Wildman–Crippen MR) is 49.8 cm³/mol. The summed E-state index contributed by atoms with van der Waals surface area (Å²) in [5.74, 6) is 2.31. The summed E-state index contributed by atoms with van der Waals surface area (Å²) in [7, 11) is 0. The van der Waals surface area contributed by atoms with Crippen LogP contribution in [0.4, 0.5) is 0 Å². The smallest absolute Gasteiger partial charge is 0.0529 e. The van der Waals surface area contributed by atoms with Gasteiger partial charge in [-0.1, -0.05) is 0 Å². The van der Waals surface area contributed by atoms with E-state index in [1.807, 2.05) is 18.7 Å². The zero-order chi connectivity index (χ0) is 8.32. The first-order chi connectivity index (χ1) is 5.12. The Bertz CT molecular complexity index is 121. The SMILES string of the molecule is CC(O)CC1(N)CCSCC1. The highest BCUT2D eigenvalue weighted by molar-refractivity contribution is 7.99. The quantitative estimate of drug-likeness (QED) is 0.657. The van der Waals surface area contributed by atoms with Crippen LogP contribution in [0.2, 0.25) is 0 Å². The summed E-state index contributed by atoms with van der Waals surface area (Å²) in [5, 5.41) is 9.18. The predicted octanol–water partition coefficient (Wildman–Crippen LogP) is 0.982. The van der Waals surface area contributed by atoms with E-state index in [0.717, 1.165) is 30.8 Å². The Morgan fingerprint density at radius 1 is 1.55 bits per heavy atom. The Morgan fingerprint density at radius 3 is 2.55 bits per heavy atom. The van der Waals surface area contributed by atoms with Crippen molar-refractivity contribution in [2.24, 2.45) is 5.73 Å². The summed E-state index contributed by atoms with van der Waals surface area (Å²) < 4.78 is 0. The Morgan fingerprint density at radius 2 is 2.09 bits per heavy atom. The Hall–Kier alpha value is 0.270. The Balaban J connectivity index is 2.37. The topological polar surface area (TPSA) is 46.2 Å². The Labute approximate surface area is 72.5 Å². The van der Waals surface area contributed by atoms with Crippen molar-refractivity contribution < 1.29 is 5.11 Å². The molecule has 1 rings (SSSR count). The van der Waals surface area contributed by atoms with Gasteiger partial charge in [-0.2, -0.15) is 11.8 Å². The molecule has 3 N–H and O–H groups in total. The first-order valence-corrected chi connectivity index (χ1v) is 5.33. The molecule has 1 heterocycles. The van der Waals surface area contributed by atoms with E-state index in [9.17, 15) is 5.11 Å². The van der Waals surface area contributed by atoms with Crippen molar-refractivity contribution in [2.75, 3.05) is 11.5 Å². The van der Waals surface area contributed by atoms with Crippen molar-refractivity contribution >= 4 is 11.8 Å². The van der Waals surface area contributed by atoms with Gasteiger partial charge >= 0.3 is 0 Å². The summed E-state index contributed by atoms with van der Waals surface area (Å²) in [6.07, 6.45) is 2.63. The fraction of sp³-hybridized carbons (Fsp3) is 1.00. The Kier molecular flexibility index (Phi) is 3.22. The molecule has 1 aliphatic heterocycles. The molecule has 3 heteroatoms. The van der Waals surface area contributed by atoms with Crippen molar-refractivity contribution in [1.82, 2.24) is 0 Å². The van der Waals surface area contributed by atoms with Gasteiger partial charge in [-0.15, -0.1) is 0 Å². The van der Waals surface area contributed by atoms with Gasteiger partial charge in [0.05, 0.1) is 6.10 Å². The molecule has 11 heavy (non-hydrogen) atoms. The lowest BCUT2D eigenvalue weighted by atomic mass is 9.88. The van der Waals surface area contributed by atoms with Crippen molar-refractivity contribution in [2.45, 2.75) is 37.8 Å². The summed E-state index contributed by atoms with van der Waals surface area (Å²) in [6, 6.07) is 0. The second-order valence-electron chi connectivity index (χ2n) is 3.53. The van der Waals surface area contributed by atoms with Crippen molar-refractivity contribution in [1.29, 1.82) is 0 Å². The standard InChI is InChI=1S/C8H17NOS/c1-7(10)6-8(9)2-4-11-5-3-8/h7,10H,2-6,9H2,1H3. The van der Waals surface area contributed by atoms with Crippen LogP contribution in [0.5, 0.6) is 0 Å². The van der Waals surface area contributed by atoms with E-state index in [0.29, 0.717) is 0 Å². The second kappa shape index (κ2) is 3.78. The molecule has 1 fully saturated rings. The lowest BCUT2D eigenvalue weighted by molar-refractivity contribution is 0.144. The molecule has 0 aliphatic carbocycles. The van der Waals surface area contributed by atoms with E-state index in [1.165, 1.54) is 0 Å². The summed E-state index contributed by atoms with van der Waals surface area (Å²) in [6.45, 7) is 1.82. The second-order valence-corrected chi connectivity index (χ2v) is 4.75. The normalized spacial score (nSPS) is 26.5. The highest BCUT2D eigenvalue weighted by Crippen LogP contribution is 2.28. The average Bonchev–Trinajstić information content (AvgIpc) is 1.85. The summed E-state index contributed by atoms with van der Waals surface area (Å²) in [4.78, 5) is 0. The third-order valence-electron chi connectivity index (χ3n) is 2.19. The number of aliphatic hydroxyl groups is 1. The van der Waals surface area contributed by atoms with E-state index in [4.69, 9.17) is 5.73 Å². The highest BCUT2D eigenvalue weighted by atomic mass is 32.2. The molecule has 0 aromatic rings. The van der Waals surface area contributed by atoms with Crippen LogP contribution >= 0.6 is 11.8 Å². The van der Waals surface area contributed by atoms with Gasteiger partial charge in [0.15, 0.2) is 0 Å². The van der Waals surface area contributed by atoms with Crippen LogP contribution < -0.4 is 5.73 Å². The lowest BCUT2D eigenvalue weighted by Crippen LogP contribution is -2.45. The fourth-order valence-electron chi connectivity index (χ4n) is 1.57. The molecule has 0 aromatic heterocycles. The van der Waals surface area contributed by atoms with Gasteiger partial charge in [-0.25, -0.2) is 0 Å². The minimum absolute atomic E-state index is 0.0700. The molecule has 0 amide bonds. The maximum absolute atomic E-state index is 9.18. The molecule has 1 aliphatic rings. The monoisotopic (exact) mass is 175 g/mol. The van der Waals surface area contributed by atoms with Gasteiger partial charge in [0.1, 0.15) is 0 Å².